The number of alkyl halides is 3. The Morgan fingerprint density at radius 3 is 2.68 bits per heavy atom. The number of esters is 1. The van der Waals surface area contributed by atoms with Crippen molar-refractivity contribution in [3.63, 3.8) is 0 Å². The molecule has 0 aliphatic heterocycles. The Balaban J connectivity index is 1.91. The van der Waals surface area contributed by atoms with E-state index in [1.807, 2.05) is 11.4 Å². The molecule has 1 N–H and O–H groups in total. The van der Waals surface area contributed by atoms with Gasteiger partial charge in [-0.3, -0.25) is 4.79 Å². The summed E-state index contributed by atoms with van der Waals surface area (Å²) in [5.41, 5.74) is -1.17. The van der Waals surface area contributed by atoms with E-state index in [1.165, 1.54) is 17.4 Å². The number of benzene rings is 1. The summed E-state index contributed by atoms with van der Waals surface area (Å²) in [4.78, 5) is 24.0. The predicted octanol–water partition coefficient (Wildman–Crippen LogP) is 4.62. The van der Waals surface area contributed by atoms with Crippen LogP contribution in [0.15, 0.2) is 41.8 Å². The molecule has 0 unspecified atom stereocenters. The van der Waals surface area contributed by atoms with Gasteiger partial charge < -0.3 is 10.1 Å². The van der Waals surface area contributed by atoms with Crippen LogP contribution in [0.1, 0.15) is 10.4 Å². The topological polar surface area (TPSA) is 55.4 Å². The average molecular weight is 390 g/mol. The highest BCUT2D eigenvalue weighted by Gasteiger charge is 2.31. The summed E-state index contributed by atoms with van der Waals surface area (Å²) in [5, 5.41) is 3.94. The maximum Gasteiger partial charge on any atom is 0.416 e. The number of hydrogen-bond donors (Lipinski definition) is 1. The van der Waals surface area contributed by atoms with Crippen molar-refractivity contribution in [2.75, 3.05) is 11.9 Å². The van der Waals surface area contributed by atoms with E-state index < -0.39 is 30.2 Å². The van der Waals surface area contributed by atoms with Crippen LogP contribution in [0, 0.1) is 0 Å². The molecular weight excluding hydrogens is 379 g/mol. The number of nitrogens with one attached hydrogen (secondary N) is 1. The Kier molecular flexibility index (Phi) is 6.22. The van der Waals surface area contributed by atoms with Gasteiger partial charge in [0.05, 0.1) is 16.3 Å². The molecular formula is C16H11ClF3NO3S. The smallest absolute Gasteiger partial charge is 0.416 e. The lowest BCUT2D eigenvalue weighted by molar-refractivity contribution is -0.142. The van der Waals surface area contributed by atoms with Crippen LogP contribution in [0.5, 0.6) is 0 Å². The Labute approximate surface area is 149 Å². The van der Waals surface area contributed by atoms with Crippen LogP contribution in [0.4, 0.5) is 18.9 Å². The van der Waals surface area contributed by atoms with E-state index in [0.29, 0.717) is 6.07 Å². The van der Waals surface area contributed by atoms with E-state index >= 15 is 0 Å². The van der Waals surface area contributed by atoms with Gasteiger partial charge in [-0.15, -0.1) is 11.3 Å². The predicted molar refractivity (Wildman–Crippen MR) is 89.4 cm³/mol. The monoisotopic (exact) mass is 389 g/mol. The molecule has 0 aliphatic rings. The van der Waals surface area contributed by atoms with Crippen LogP contribution in [-0.2, 0) is 20.5 Å². The lowest BCUT2D eigenvalue weighted by Gasteiger charge is -2.11. The van der Waals surface area contributed by atoms with Crippen LogP contribution in [-0.4, -0.2) is 18.5 Å². The standard InChI is InChI=1S/C16H11ClF3NO3S/c17-12-5-3-10(16(18,19)20)8-13(12)21-14(22)9-24-15(23)6-4-11-2-1-7-25-11/h1-8H,9H2,(H,21,22)/b6-4+. The SMILES string of the molecule is O=C(COC(=O)/C=C/c1cccs1)Nc1cc(C(F)(F)F)ccc1Cl. The van der Waals surface area contributed by atoms with Crippen molar-refractivity contribution in [1.29, 1.82) is 0 Å². The number of carbonyl (C=O) groups excluding carboxylic acids is 2. The van der Waals surface area contributed by atoms with Gasteiger partial charge in [0.25, 0.3) is 5.91 Å². The summed E-state index contributed by atoms with van der Waals surface area (Å²) >= 11 is 7.18. The van der Waals surface area contributed by atoms with Crippen molar-refractivity contribution in [1.82, 2.24) is 0 Å². The molecule has 0 atom stereocenters. The maximum absolute atomic E-state index is 12.7. The fourth-order valence-electron chi connectivity index (χ4n) is 1.70. The molecule has 132 valence electrons. The second kappa shape index (κ2) is 8.17. The number of carbonyl (C=O) groups is 2. The number of halogens is 4. The van der Waals surface area contributed by atoms with Gasteiger partial charge in [-0.25, -0.2) is 4.79 Å². The first-order valence-electron chi connectivity index (χ1n) is 6.80. The van der Waals surface area contributed by atoms with Crippen molar-refractivity contribution in [3.05, 3.63) is 57.3 Å². The average Bonchev–Trinajstić information content (AvgIpc) is 3.05. The van der Waals surface area contributed by atoms with Gasteiger partial charge in [-0.1, -0.05) is 17.7 Å². The number of amides is 1. The van der Waals surface area contributed by atoms with E-state index in [4.69, 9.17) is 16.3 Å². The van der Waals surface area contributed by atoms with Crippen molar-refractivity contribution in [2.24, 2.45) is 0 Å². The minimum absolute atomic E-state index is 0.0646. The second-order valence-electron chi connectivity index (χ2n) is 4.70. The van der Waals surface area contributed by atoms with E-state index in [2.05, 4.69) is 5.32 Å². The van der Waals surface area contributed by atoms with Crippen LogP contribution < -0.4 is 5.32 Å². The molecule has 1 heterocycles. The first-order valence-corrected chi connectivity index (χ1v) is 8.06. The normalized spacial score (nSPS) is 11.5. The molecule has 2 rings (SSSR count). The molecule has 0 spiro atoms. The Hall–Kier alpha value is -2.32. The number of hydrogen-bond acceptors (Lipinski definition) is 4. The summed E-state index contributed by atoms with van der Waals surface area (Å²) in [6, 6.07) is 6.13. The van der Waals surface area contributed by atoms with Gasteiger partial charge in [-0.05, 0) is 35.7 Å². The van der Waals surface area contributed by atoms with Gasteiger partial charge in [-0.2, -0.15) is 13.2 Å². The lowest BCUT2D eigenvalue weighted by atomic mass is 10.2. The summed E-state index contributed by atoms with van der Waals surface area (Å²) < 4.78 is 42.7. The van der Waals surface area contributed by atoms with E-state index in [0.717, 1.165) is 23.1 Å². The Morgan fingerprint density at radius 1 is 1.28 bits per heavy atom. The molecule has 0 saturated heterocycles. The van der Waals surface area contributed by atoms with E-state index in [9.17, 15) is 22.8 Å². The third-order valence-corrected chi connectivity index (χ3v) is 4.01. The Bertz CT molecular complexity index is 788. The highest BCUT2D eigenvalue weighted by Crippen LogP contribution is 2.33. The molecule has 4 nitrogen and oxygen atoms in total. The van der Waals surface area contributed by atoms with Gasteiger partial charge in [0.2, 0.25) is 0 Å². The van der Waals surface area contributed by atoms with Crippen LogP contribution in [0.25, 0.3) is 6.08 Å². The summed E-state index contributed by atoms with van der Waals surface area (Å²) in [6.07, 6.45) is -1.89. The van der Waals surface area contributed by atoms with Crippen molar-refractivity contribution in [2.45, 2.75) is 6.18 Å². The molecule has 1 aromatic carbocycles. The molecule has 0 aliphatic carbocycles. The third kappa shape index (κ3) is 5.91. The fraction of sp³-hybridized carbons (Fsp3) is 0.125. The molecule has 1 amide bonds. The zero-order valence-corrected chi connectivity index (χ0v) is 14.0. The summed E-state index contributed by atoms with van der Waals surface area (Å²) in [6.45, 7) is -0.653. The number of rotatable bonds is 5. The molecule has 25 heavy (non-hydrogen) atoms. The van der Waals surface area contributed by atoms with Crippen molar-refractivity contribution < 1.29 is 27.5 Å². The molecule has 0 bridgehead atoms. The quantitative estimate of drug-likeness (QED) is 0.600. The van der Waals surface area contributed by atoms with Crippen LogP contribution >= 0.6 is 22.9 Å². The summed E-state index contributed by atoms with van der Waals surface area (Å²) in [5.74, 6) is -1.56. The van der Waals surface area contributed by atoms with Gasteiger partial charge in [0.1, 0.15) is 0 Å². The molecule has 0 saturated carbocycles. The molecule has 1 aromatic heterocycles. The van der Waals surface area contributed by atoms with Gasteiger partial charge >= 0.3 is 12.1 Å². The highest BCUT2D eigenvalue weighted by molar-refractivity contribution is 7.10. The minimum atomic E-state index is -4.57. The Morgan fingerprint density at radius 2 is 2.04 bits per heavy atom. The van der Waals surface area contributed by atoms with Crippen LogP contribution in [0.3, 0.4) is 0 Å². The fourth-order valence-corrected chi connectivity index (χ4v) is 2.49. The molecule has 2 aromatic rings. The zero-order valence-electron chi connectivity index (χ0n) is 12.5. The maximum atomic E-state index is 12.7. The second-order valence-corrected chi connectivity index (χ2v) is 6.08. The first kappa shape index (κ1) is 19.0. The molecule has 0 radical (unpaired) electrons. The largest absolute Gasteiger partial charge is 0.452 e. The van der Waals surface area contributed by atoms with E-state index in [1.54, 1.807) is 6.07 Å². The first-order chi connectivity index (χ1) is 11.8. The third-order valence-electron chi connectivity index (χ3n) is 2.84. The lowest BCUT2D eigenvalue weighted by Crippen LogP contribution is -2.20. The van der Waals surface area contributed by atoms with Gasteiger partial charge in [0, 0.05) is 11.0 Å². The molecule has 9 heteroatoms. The highest BCUT2D eigenvalue weighted by atomic mass is 35.5. The number of anilines is 1. The van der Waals surface area contributed by atoms with Crippen molar-refractivity contribution in [3.8, 4) is 0 Å². The number of thiophene rings is 1. The summed E-state index contributed by atoms with van der Waals surface area (Å²) in [7, 11) is 0. The molecule has 0 fully saturated rings. The van der Waals surface area contributed by atoms with E-state index in [-0.39, 0.29) is 10.7 Å². The van der Waals surface area contributed by atoms with Gasteiger partial charge in [0.15, 0.2) is 6.61 Å². The zero-order chi connectivity index (χ0) is 18.4. The van der Waals surface area contributed by atoms with Crippen molar-refractivity contribution >= 4 is 46.6 Å². The number of ether oxygens (including phenoxy) is 1. The van der Waals surface area contributed by atoms with Crippen LogP contribution in [0.2, 0.25) is 5.02 Å². The minimum Gasteiger partial charge on any atom is -0.452 e.